The van der Waals surface area contributed by atoms with Crippen LogP contribution >= 0.6 is 11.8 Å². The molecule has 0 aromatic heterocycles. The molecule has 1 unspecified atom stereocenters. The van der Waals surface area contributed by atoms with Crippen LogP contribution in [0, 0.1) is 5.92 Å². The number of unbranched alkanes of at least 4 members (excludes halogenated alkanes) is 1. The molecule has 6 nitrogen and oxygen atoms in total. The number of nitrogens with zero attached hydrogens (tertiary/aromatic N) is 2. The van der Waals surface area contributed by atoms with Crippen LogP contribution < -0.4 is 10.5 Å². The summed E-state index contributed by atoms with van der Waals surface area (Å²) >= 11 is 1.56. The Morgan fingerprint density at radius 2 is 1.97 bits per heavy atom. The third kappa shape index (κ3) is 8.91. The molecule has 176 valence electrons. The Balaban J connectivity index is 1.83. The van der Waals surface area contributed by atoms with Gasteiger partial charge in [-0.25, -0.2) is 0 Å². The van der Waals surface area contributed by atoms with Crippen molar-refractivity contribution in [2.45, 2.75) is 57.4 Å². The molecule has 1 aromatic rings. The minimum Gasteiger partial charge on any atom is -0.495 e. The molecule has 0 bridgehead atoms. The minimum atomic E-state index is -0.133. The predicted octanol–water partition coefficient (Wildman–Crippen LogP) is 4.27. The summed E-state index contributed by atoms with van der Waals surface area (Å²) in [5, 5.41) is 0. The molecule has 1 heterocycles. The maximum absolute atomic E-state index is 12.2. The summed E-state index contributed by atoms with van der Waals surface area (Å²) in [5.74, 6) is 1.75. The van der Waals surface area contributed by atoms with Crippen LogP contribution in [0.2, 0.25) is 0 Å². The van der Waals surface area contributed by atoms with Gasteiger partial charge in [-0.15, -0.1) is 11.8 Å². The summed E-state index contributed by atoms with van der Waals surface area (Å²) in [4.78, 5) is 17.9. The Morgan fingerprint density at radius 1 is 1.23 bits per heavy atom. The topological polar surface area (TPSA) is 68.0 Å². The van der Waals surface area contributed by atoms with Crippen LogP contribution in [0.1, 0.15) is 51.5 Å². The Kier molecular flexibility index (Phi) is 11.5. The summed E-state index contributed by atoms with van der Waals surface area (Å²) in [6.45, 7) is 10.1. The number of hydrogen-bond donors (Lipinski definition) is 1. The van der Waals surface area contributed by atoms with Crippen LogP contribution in [0.4, 0.5) is 5.69 Å². The molecule has 7 heteroatoms. The van der Waals surface area contributed by atoms with Crippen molar-refractivity contribution in [3.8, 4) is 5.75 Å². The standard InChI is InChI=1S/C24H41N3O3S/c1-5-7-8-19(6-2)18-30-23(28)9-14-31-24-21(25)15-20(16-22(24)29-4)17-27-12-10-26(3)11-13-27/h15-16,19H,5-14,17-18,25H2,1-4H3. The number of anilines is 1. The number of hydrogen-bond acceptors (Lipinski definition) is 7. The van der Waals surface area contributed by atoms with Crippen molar-refractivity contribution in [1.29, 1.82) is 0 Å². The van der Waals surface area contributed by atoms with Crippen LogP contribution in [0.15, 0.2) is 17.0 Å². The number of benzene rings is 1. The lowest BCUT2D eigenvalue weighted by atomic mass is 10.0. The number of thioether (sulfide) groups is 1. The van der Waals surface area contributed by atoms with Gasteiger partial charge in [0.05, 0.1) is 25.0 Å². The van der Waals surface area contributed by atoms with Gasteiger partial charge < -0.3 is 20.1 Å². The second-order valence-corrected chi connectivity index (χ2v) is 9.60. The molecule has 1 aromatic carbocycles. The van der Waals surface area contributed by atoms with Crippen LogP contribution in [0.25, 0.3) is 0 Å². The quantitative estimate of drug-likeness (QED) is 0.273. The molecule has 0 saturated carbocycles. The molecular formula is C24H41N3O3S. The average Bonchev–Trinajstić information content (AvgIpc) is 2.76. The summed E-state index contributed by atoms with van der Waals surface area (Å²) in [6.07, 6.45) is 4.92. The van der Waals surface area contributed by atoms with Gasteiger partial charge in [-0.2, -0.15) is 0 Å². The maximum Gasteiger partial charge on any atom is 0.306 e. The Hall–Kier alpha value is -1.44. The summed E-state index contributed by atoms with van der Waals surface area (Å²) in [7, 11) is 3.84. The smallest absolute Gasteiger partial charge is 0.306 e. The SMILES string of the molecule is CCCCC(CC)COC(=O)CCSc1c(N)cc(CN2CCN(C)CC2)cc1OC. The van der Waals surface area contributed by atoms with Crippen LogP contribution in [0.3, 0.4) is 0 Å². The van der Waals surface area contributed by atoms with Gasteiger partial charge in [-0.3, -0.25) is 9.69 Å². The maximum atomic E-state index is 12.2. The largest absolute Gasteiger partial charge is 0.495 e. The van der Waals surface area contributed by atoms with Gasteiger partial charge in [-0.05, 0) is 37.1 Å². The van der Waals surface area contributed by atoms with Gasteiger partial charge in [0, 0.05) is 44.2 Å². The number of ether oxygens (including phenoxy) is 2. The van der Waals surface area contributed by atoms with Gasteiger partial charge in [0.2, 0.25) is 0 Å². The number of esters is 1. The van der Waals surface area contributed by atoms with E-state index in [1.165, 1.54) is 18.4 Å². The van der Waals surface area contributed by atoms with Crippen molar-refractivity contribution >= 4 is 23.4 Å². The van der Waals surface area contributed by atoms with Crippen LogP contribution in [0.5, 0.6) is 5.75 Å². The fraction of sp³-hybridized carbons (Fsp3) is 0.708. The predicted molar refractivity (Wildman–Crippen MR) is 130 cm³/mol. The van der Waals surface area contributed by atoms with E-state index in [0.29, 0.717) is 30.4 Å². The van der Waals surface area contributed by atoms with Crippen molar-refractivity contribution in [2.75, 3.05) is 58.4 Å². The van der Waals surface area contributed by atoms with Gasteiger partial charge in [0.15, 0.2) is 0 Å². The van der Waals surface area contributed by atoms with E-state index in [-0.39, 0.29) is 5.97 Å². The first-order chi connectivity index (χ1) is 15.0. The molecule has 0 radical (unpaired) electrons. The molecule has 1 fully saturated rings. The van der Waals surface area contributed by atoms with E-state index in [2.05, 4.69) is 36.8 Å². The molecule has 31 heavy (non-hydrogen) atoms. The highest BCUT2D eigenvalue weighted by atomic mass is 32.2. The van der Waals surface area contributed by atoms with Gasteiger partial charge >= 0.3 is 5.97 Å². The van der Waals surface area contributed by atoms with Crippen LogP contribution in [-0.2, 0) is 16.1 Å². The number of carbonyl (C=O) groups excluding carboxylic acids is 1. The van der Waals surface area contributed by atoms with Gasteiger partial charge in [0.1, 0.15) is 5.75 Å². The Morgan fingerprint density at radius 3 is 2.61 bits per heavy atom. The van der Waals surface area contributed by atoms with E-state index in [1.807, 2.05) is 6.07 Å². The van der Waals surface area contributed by atoms with Crippen molar-refractivity contribution in [3.63, 3.8) is 0 Å². The van der Waals surface area contributed by atoms with E-state index >= 15 is 0 Å². The number of methoxy groups -OCH3 is 1. The third-order valence-corrected chi connectivity index (χ3v) is 7.08. The number of piperazine rings is 1. The molecule has 1 aliphatic rings. The number of nitrogen functional groups attached to an aromatic ring is 1. The van der Waals surface area contributed by atoms with E-state index in [0.717, 1.165) is 56.2 Å². The number of rotatable bonds is 13. The molecule has 1 atom stereocenters. The molecular weight excluding hydrogens is 410 g/mol. The van der Waals surface area contributed by atoms with E-state index in [4.69, 9.17) is 15.2 Å². The third-order valence-electron chi connectivity index (χ3n) is 5.94. The van der Waals surface area contributed by atoms with Crippen molar-refractivity contribution in [2.24, 2.45) is 5.92 Å². The first kappa shape index (κ1) is 25.8. The van der Waals surface area contributed by atoms with Crippen molar-refractivity contribution in [1.82, 2.24) is 9.80 Å². The lowest BCUT2D eigenvalue weighted by Crippen LogP contribution is -2.43. The summed E-state index contributed by atoms with van der Waals surface area (Å²) in [6, 6.07) is 4.12. The van der Waals surface area contributed by atoms with E-state index in [9.17, 15) is 4.79 Å². The molecule has 1 saturated heterocycles. The highest BCUT2D eigenvalue weighted by Crippen LogP contribution is 2.36. The fourth-order valence-electron chi connectivity index (χ4n) is 3.76. The van der Waals surface area contributed by atoms with Crippen molar-refractivity contribution < 1.29 is 14.3 Å². The normalized spacial score (nSPS) is 16.3. The van der Waals surface area contributed by atoms with Crippen molar-refractivity contribution in [3.05, 3.63) is 17.7 Å². The fourth-order valence-corrected chi connectivity index (χ4v) is 4.75. The number of carbonyl (C=O) groups is 1. The average molecular weight is 452 g/mol. The number of likely N-dealkylation sites (N-methyl/N-ethyl adjacent to an activating group) is 1. The second-order valence-electron chi connectivity index (χ2n) is 8.49. The minimum absolute atomic E-state index is 0.133. The molecule has 2 N–H and O–H groups in total. The molecule has 0 aliphatic carbocycles. The summed E-state index contributed by atoms with van der Waals surface area (Å²) in [5.41, 5.74) is 8.24. The highest BCUT2D eigenvalue weighted by Gasteiger charge is 2.17. The van der Waals surface area contributed by atoms with Gasteiger partial charge in [-0.1, -0.05) is 33.1 Å². The zero-order valence-electron chi connectivity index (χ0n) is 19.8. The molecule has 0 spiro atoms. The molecule has 2 rings (SSSR count). The molecule has 1 aliphatic heterocycles. The summed E-state index contributed by atoms with van der Waals surface area (Å²) < 4.78 is 11.1. The monoisotopic (exact) mass is 451 g/mol. The second kappa shape index (κ2) is 13.9. The van der Waals surface area contributed by atoms with E-state index < -0.39 is 0 Å². The lowest BCUT2D eigenvalue weighted by molar-refractivity contribution is -0.144. The molecule has 0 amide bonds. The Bertz CT molecular complexity index is 678. The van der Waals surface area contributed by atoms with Crippen LogP contribution in [-0.4, -0.2) is 68.5 Å². The first-order valence-electron chi connectivity index (χ1n) is 11.6. The zero-order chi connectivity index (χ0) is 22.6. The van der Waals surface area contributed by atoms with E-state index in [1.54, 1.807) is 18.9 Å². The first-order valence-corrected chi connectivity index (χ1v) is 12.6. The Labute approximate surface area is 192 Å². The highest BCUT2D eigenvalue weighted by molar-refractivity contribution is 7.99. The number of nitrogens with two attached hydrogens (primary N) is 1. The zero-order valence-corrected chi connectivity index (χ0v) is 20.6. The van der Waals surface area contributed by atoms with Gasteiger partial charge in [0.25, 0.3) is 0 Å². The lowest BCUT2D eigenvalue weighted by Gasteiger charge is -2.32.